The molecule has 2 saturated heterocycles. The van der Waals surface area contributed by atoms with Crippen LogP contribution in [0.5, 0.6) is 0 Å². The number of hydrogen-bond acceptors (Lipinski definition) is 4. The summed E-state index contributed by atoms with van der Waals surface area (Å²) in [5.74, 6) is 0.632. The van der Waals surface area contributed by atoms with Gasteiger partial charge in [-0.15, -0.1) is 0 Å². The van der Waals surface area contributed by atoms with Crippen molar-refractivity contribution in [2.45, 2.75) is 57.5 Å². The quantitative estimate of drug-likeness (QED) is 0.765. The normalized spacial score (nSPS) is 26.2. The fourth-order valence-corrected chi connectivity index (χ4v) is 5.55. The molecule has 2 fully saturated rings. The lowest BCUT2D eigenvalue weighted by atomic mass is 9.86. The minimum absolute atomic E-state index is 0.207. The minimum Gasteiger partial charge on any atom is -0.356 e. The molecule has 3 heterocycles. The Morgan fingerprint density at radius 3 is 2.86 bits per heavy atom. The Balaban J connectivity index is 1.34. The molecular formula is C23H28FN3O2. The summed E-state index contributed by atoms with van der Waals surface area (Å²) in [6.45, 7) is 4.87. The number of amides is 1. The summed E-state index contributed by atoms with van der Waals surface area (Å²) in [4.78, 5) is 17.6. The van der Waals surface area contributed by atoms with Gasteiger partial charge in [0.25, 0.3) is 5.91 Å². The van der Waals surface area contributed by atoms with E-state index in [4.69, 9.17) is 4.52 Å². The number of allylic oxidation sites excluding steroid dienone is 1. The average Bonchev–Trinajstić information content (AvgIpc) is 3.28. The zero-order chi connectivity index (χ0) is 20.0. The summed E-state index contributed by atoms with van der Waals surface area (Å²) < 4.78 is 18.8. The summed E-state index contributed by atoms with van der Waals surface area (Å²) in [7, 11) is 0. The molecule has 29 heavy (non-hydrogen) atoms. The number of hydrogen-bond donors (Lipinski definition) is 0. The molecule has 0 bridgehead atoms. The number of carbonyl (C=O) groups excluding carboxylic acids is 1. The maximum atomic E-state index is 13.4. The molecule has 2 unspecified atom stereocenters. The maximum absolute atomic E-state index is 13.4. The van der Waals surface area contributed by atoms with E-state index in [1.807, 2.05) is 0 Å². The van der Waals surface area contributed by atoms with Gasteiger partial charge in [0.05, 0.1) is 11.9 Å². The van der Waals surface area contributed by atoms with E-state index in [1.54, 1.807) is 6.07 Å². The van der Waals surface area contributed by atoms with E-state index in [0.29, 0.717) is 17.4 Å². The lowest BCUT2D eigenvalue weighted by molar-refractivity contribution is -0.129. The number of carbonyl (C=O) groups is 1. The molecule has 0 N–H and O–H groups in total. The summed E-state index contributed by atoms with van der Waals surface area (Å²) in [6, 6.07) is 4.66. The molecule has 5 nitrogen and oxygen atoms in total. The molecule has 2 atom stereocenters. The third kappa shape index (κ3) is 3.18. The first-order valence-electron chi connectivity index (χ1n) is 11.0. The van der Waals surface area contributed by atoms with Gasteiger partial charge in [-0.05, 0) is 50.7 Å². The topological polar surface area (TPSA) is 49.6 Å². The van der Waals surface area contributed by atoms with Crippen LogP contribution in [0.15, 0.2) is 34.4 Å². The standard InChI is InChI=1S/C23H28FN3O2/c1-2-11-27-22(17-5-3-4-6-18(17)23(27)28)26-12-9-15(10-13-26)21-19-8-7-16(24)14-20(19)29-25-21/h6-8,14-15,17,22H,2-5,9-13H2,1H3. The van der Waals surface area contributed by atoms with Crippen LogP contribution in [0.3, 0.4) is 0 Å². The Labute approximate surface area is 170 Å². The van der Waals surface area contributed by atoms with Gasteiger partial charge in [-0.2, -0.15) is 0 Å². The number of rotatable bonds is 4. The van der Waals surface area contributed by atoms with Crippen LogP contribution in [0.25, 0.3) is 11.0 Å². The molecule has 6 heteroatoms. The van der Waals surface area contributed by atoms with Gasteiger partial charge >= 0.3 is 0 Å². The van der Waals surface area contributed by atoms with Crippen LogP contribution in [0.1, 0.15) is 57.1 Å². The van der Waals surface area contributed by atoms with Crippen molar-refractivity contribution in [3.63, 3.8) is 0 Å². The van der Waals surface area contributed by atoms with E-state index >= 15 is 0 Å². The first-order chi connectivity index (χ1) is 14.2. The van der Waals surface area contributed by atoms with Gasteiger partial charge in [-0.1, -0.05) is 18.2 Å². The average molecular weight is 397 g/mol. The Hall–Kier alpha value is -2.21. The Morgan fingerprint density at radius 2 is 2.07 bits per heavy atom. The number of fused-ring (bicyclic) bond motifs is 2. The van der Waals surface area contributed by atoms with Gasteiger partial charge in [0.2, 0.25) is 0 Å². The molecule has 5 rings (SSSR count). The van der Waals surface area contributed by atoms with Crippen LogP contribution in [0.2, 0.25) is 0 Å². The summed E-state index contributed by atoms with van der Waals surface area (Å²) in [5, 5.41) is 5.19. The lowest BCUT2D eigenvalue weighted by Crippen LogP contribution is -2.51. The molecule has 2 aliphatic heterocycles. The predicted molar refractivity (Wildman–Crippen MR) is 109 cm³/mol. The zero-order valence-electron chi connectivity index (χ0n) is 16.9. The largest absolute Gasteiger partial charge is 0.356 e. The van der Waals surface area contributed by atoms with Gasteiger partial charge in [-0.3, -0.25) is 9.69 Å². The molecular weight excluding hydrogens is 369 g/mol. The SMILES string of the molecule is CCCN1C(=O)C2=CCCCC2C1N1CCC(c2noc3cc(F)ccc23)CC1. The van der Waals surface area contributed by atoms with Crippen molar-refractivity contribution in [1.82, 2.24) is 15.0 Å². The van der Waals surface area contributed by atoms with E-state index in [1.165, 1.54) is 18.6 Å². The summed E-state index contributed by atoms with van der Waals surface area (Å²) in [5.41, 5.74) is 2.53. The number of nitrogens with zero attached hydrogens (tertiary/aromatic N) is 3. The molecule has 1 aliphatic carbocycles. The van der Waals surface area contributed by atoms with E-state index in [9.17, 15) is 9.18 Å². The van der Waals surface area contributed by atoms with E-state index in [0.717, 1.165) is 68.4 Å². The minimum atomic E-state index is -0.298. The highest BCUT2D eigenvalue weighted by atomic mass is 19.1. The predicted octanol–water partition coefficient (Wildman–Crippen LogP) is 4.45. The monoisotopic (exact) mass is 397 g/mol. The second-order valence-corrected chi connectivity index (χ2v) is 8.63. The highest BCUT2D eigenvalue weighted by Gasteiger charge is 2.47. The van der Waals surface area contributed by atoms with Crippen LogP contribution < -0.4 is 0 Å². The van der Waals surface area contributed by atoms with E-state index < -0.39 is 0 Å². The molecule has 1 aromatic heterocycles. The second kappa shape index (κ2) is 7.56. The van der Waals surface area contributed by atoms with E-state index in [-0.39, 0.29) is 17.9 Å². The van der Waals surface area contributed by atoms with Gasteiger partial charge in [-0.25, -0.2) is 4.39 Å². The van der Waals surface area contributed by atoms with Gasteiger partial charge in [0.1, 0.15) is 5.82 Å². The Morgan fingerprint density at radius 1 is 1.24 bits per heavy atom. The number of likely N-dealkylation sites (tertiary alicyclic amines) is 2. The molecule has 0 saturated carbocycles. The summed E-state index contributed by atoms with van der Waals surface area (Å²) >= 11 is 0. The van der Waals surface area contributed by atoms with Gasteiger partial charge in [0, 0.05) is 48.5 Å². The Bertz CT molecular complexity index is 945. The van der Waals surface area contributed by atoms with Crippen molar-refractivity contribution >= 4 is 16.9 Å². The van der Waals surface area contributed by atoms with Crippen molar-refractivity contribution in [2.24, 2.45) is 5.92 Å². The van der Waals surface area contributed by atoms with Crippen molar-refractivity contribution in [2.75, 3.05) is 19.6 Å². The molecule has 154 valence electrons. The lowest BCUT2D eigenvalue weighted by Gasteiger charge is -2.41. The van der Waals surface area contributed by atoms with Crippen molar-refractivity contribution in [1.29, 1.82) is 0 Å². The van der Waals surface area contributed by atoms with Gasteiger partial charge in [0.15, 0.2) is 5.58 Å². The molecule has 0 spiro atoms. The molecule has 1 amide bonds. The van der Waals surface area contributed by atoms with Crippen LogP contribution in [-0.4, -0.2) is 46.7 Å². The number of halogens is 1. The third-order valence-electron chi connectivity index (χ3n) is 6.89. The van der Waals surface area contributed by atoms with E-state index in [2.05, 4.69) is 28.0 Å². The number of benzene rings is 1. The fraction of sp³-hybridized carbons (Fsp3) is 0.565. The highest BCUT2D eigenvalue weighted by molar-refractivity contribution is 5.97. The fourth-order valence-electron chi connectivity index (χ4n) is 5.55. The van der Waals surface area contributed by atoms with Crippen LogP contribution in [0.4, 0.5) is 4.39 Å². The highest BCUT2D eigenvalue weighted by Crippen LogP contribution is 2.42. The molecule has 3 aliphatic rings. The molecule has 2 aromatic rings. The maximum Gasteiger partial charge on any atom is 0.251 e. The van der Waals surface area contributed by atoms with Crippen LogP contribution >= 0.6 is 0 Å². The van der Waals surface area contributed by atoms with Crippen molar-refractivity contribution < 1.29 is 13.7 Å². The summed E-state index contributed by atoms with van der Waals surface area (Å²) in [6.07, 6.45) is 8.67. The molecule has 1 aromatic carbocycles. The zero-order valence-corrected chi connectivity index (χ0v) is 16.9. The van der Waals surface area contributed by atoms with Gasteiger partial charge < -0.3 is 9.42 Å². The third-order valence-corrected chi connectivity index (χ3v) is 6.89. The van der Waals surface area contributed by atoms with Crippen LogP contribution in [-0.2, 0) is 4.79 Å². The number of aromatic nitrogens is 1. The first-order valence-corrected chi connectivity index (χ1v) is 11.0. The molecule has 0 radical (unpaired) electrons. The number of piperidine rings is 1. The van der Waals surface area contributed by atoms with Crippen molar-refractivity contribution in [3.05, 3.63) is 41.4 Å². The smallest absolute Gasteiger partial charge is 0.251 e. The first kappa shape index (κ1) is 18.8. The second-order valence-electron chi connectivity index (χ2n) is 8.63. The van der Waals surface area contributed by atoms with Crippen molar-refractivity contribution in [3.8, 4) is 0 Å². The Kier molecular flexibility index (Phi) is 4.90. The van der Waals surface area contributed by atoms with Crippen LogP contribution in [0, 0.1) is 11.7 Å².